The molecule has 0 radical (unpaired) electrons. The van der Waals surface area contributed by atoms with E-state index in [1.807, 2.05) is 12.1 Å². The highest BCUT2D eigenvalue weighted by Gasteiger charge is 2.24. The molecule has 25 heavy (non-hydrogen) atoms. The fourth-order valence-corrected chi connectivity index (χ4v) is 2.88. The predicted octanol–water partition coefficient (Wildman–Crippen LogP) is 2.36. The number of benzene rings is 1. The Hall–Kier alpha value is -2.08. The summed E-state index contributed by atoms with van der Waals surface area (Å²) in [6.45, 7) is 5.01. The average Bonchev–Trinajstić information content (AvgIpc) is 2.64. The van der Waals surface area contributed by atoms with Gasteiger partial charge < -0.3 is 20.1 Å². The second-order valence-corrected chi connectivity index (χ2v) is 6.34. The molecule has 1 heterocycles. The van der Waals surface area contributed by atoms with Gasteiger partial charge in [-0.3, -0.25) is 4.79 Å². The van der Waals surface area contributed by atoms with E-state index in [-0.39, 0.29) is 24.4 Å². The monoisotopic (exact) mass is 348 g/mol. The van der Waals surface area contributed by atoms with Crippen molar-refractivity contribution in [3.8, 4) is 0 Å². The fourth-order valence-electron chi connectivity index (χ4n) is 2.88. The molecule has 1 saturated heterocycles. The van der Waals surface area contributed by atoms with Gasteiger partial charge in [-0.1, -0.05) is 13.3 Å². The number of nitrogens with two attached hydrogens (primary N) is 1. The van der Waals surface area contributed by atoms with Crippen LogP contribution in [0.3, 0.4) is 0 Å². The van der Waals surface area contributed by atoms with Crippen LogP contribution in [-0.2, 0) is 14.3 Å². The molecule has 2 rings (SSSR count). The van der Waals surface area contributed by atoms with E-state index in [9.17, 15) is 9.59 Å². The number of carbonyl (C=O) groups is 2. The largest absolute Gasteiger partial charge is 0.460 e. The van der Waals surface area contributed by atoms with Crippen LogP contribution in [0.1, 0.15) is 43.0 Å². The lowest BCUT2D eigenvalue weighted by molar-refractivity contribution is -0.122. The van der Waals surface area contributed by atoms with E-state index < -0.39 is 0 Å². The third-order valence-electron chi connectivity index (χ3n) is 4.39. The zero-order valence-corrected chi connectivity index (χ0v) is 14.9. The second kappa shape index (κ2) is 10.0. The van der Waals surface area contributed by atoms with Crippen LogP contribution < -0.4 is 10.6 Å². The Labute approximate surface area is 149 Å². The number of ether oxygens (including phenoxy) is 2. The topological polar surface area (TPSA) is 81.9 Å². The van der Waals surface area contributed by atoms with Crippen molar-refractivity contribution in [2.45, 2.75) is 32.6 Å². The lowest BCUT2D eigenvalue weighted by atomic mass is 9.97. The van der Waals surface area contributed by atoms with Crippen molar-refractivity contribution < 1.29 is 19.1 Å². The van der Waals surface area contributed by atoms with E-state index in [2.05, 4.69) is 11.8 Å². The van der Waals surface area contributed by atoms with E-state index in [1.54, 1.807) is 12.1 Å². The van der Waals surface area contributed by atoms with Gasteiger partial charge in [0, 0.05) is 25.4 Å². The first-order valence-corrected chi connectivity index (χ1v) is 9.01. The Morgan fingerprint density at radius 3 is 2.64 bits per heavy atom. The molecule has 0 bridgehead atoms. The Morgan fingerprint density at radius 2 is 1.96 bits per heavy atom. The highest BCUT2D eigenvalue weighted by Crippen LogP contribution is 2.23. The van der Waals surface area contributed by atoms with Crippen molar-refractivity contribution in [2.24, 2.45) is 11.7 Å². The number of nitrogens with zero attached hydrogens (tertiary/aromatic N) is 1. The normalized spacial score (nSPS) is 17.3. The number of carbonyl (C=O) groups excluding carboxylic acids is 2. The first-order chi connectivity index (χ1) is 12.1. The third kappa shape index (κ3) is 6.05. The highest BCUT2D eigenvalue weighted by atomic mass is 16.6. The number of esters is 1. The summed E-state index contributed by atoms with van der Waals surface area (Å²) in [5.74, 6) is -0.698. The number of unbranched alkanes of at least 4 members (excludes halogenated alkanes) is 1. The lowest BCUT2D eigenvalue weighted by Crippen LogP contribution is -2.41. The molecule has 1 aliphatic rings. The van der Waals surface area contributed by atoms with Gasteiger partial charge in [-0.15, -0.1) is 0 Å². The summed E-state index contributed by atoms with van der Waals surface area (Å²) in [7, 11) is 0. The standard InChI is InChI=1S/C19H28N2O4/c1-2-3-11-24-12-13-25-19(23)15-6-8-17(9-7-15)21-10-4-5-16(14-21)18(20)22/h6-9,16H,2-5,10-14H2,1H3,(H2,20,22)/t16-/m1/s1. The molecule has 0 spiro atoms. The minimum Gasteiger partial charge on any atom is -0.460 e. The summed E-state index contributed by atoms with van der Waals surface area (Å²) in [5, 5.41) is 0. The van der Waals surface area contributed by atoms with Gasteiger partial charge in [-0.2, -0.15) is 0 Å². The van der Waals surface area contributed by atoms with Crippen molar-refractivity contribution >= 4 is 17.6 Å². The molecule has 0 aliphatic carbocycles. The van der Waals surface area contributed by atoms with Crippen LogP contribution in [0.4, 0.5) is 5.69 Å². The number of hydrogen-bond donors (Lipinski definition) is 1. The minimum absolute atomic E-state index is 0.105. The fraction of sp³-hybridized carbons (Fsp3) is 0.579. The summed E-state index contributed by atoms with van der Waals surface area (Å²) >= 11 is 0. The molecule has 6 nitrogen and oxygen atoms in total. The SMILES string of the molecule is CCCCOCCOC(=O)c1ccc(N2CCC[C@@H](C(N)=O)C2)cc1. The van der Waals surface area contributed by atoms with Gasteiger partial charge in [0.2, 0.25) is 5.91 Å². The van der Waals surface area contributed by atoms with Crippen molar-refractivity contribution in [3.63, 3.8) is 0 Å². The van der Waals surface area contributed by atoms with Gasteiger partial charge in [0.1, 0.15) is 6.61 Å². The zero-order valence-electron chi connectivity index (χ0n) is 14.9. The number of primary amides is 1. The molecule has 1 aliphatic heterocycles. The molecule has 0 unspecified atom stereocenters. The number of amides is 1. The molecular formula is C19H28N2O4. The lowest BCUT2D eigenvalue weighted by Gasteiger charge is -2.33. The van der Waals surface area contributed by atoms with Crippen molar-refractivity contribution in [3.05, 3.63) is 29.8 Å². The molecule has 1 amide bonds. The molecule has 1 fully saturated rings. The van der Waals surface area contributed by atoms with Crippen LogP contribution >= 0.6 is 0 Å². The predicted molar refractivity (Wildman–Crippen MR) is 96.6 cm³/mol. The number of rotatable bonds is 9. The van der Waals surface area contributed by atoms with E-state index in [1.165, 1.54) is 0 Å². The van der Waals surface area contributed by atoms with Crippen molar-refractivity contribution in [2.75, 3.05) is 37.8 Å². The van der Waals surface area contributed by atoms with Gasteiger partial charge >= 0.3 is 5.97 Å². The molecule has 1 aromatic carbocycles. The first kappa shape index (κ1) is 19.2. The number of hydrogen-bond acceptors (Lipinski definition) is 5. The molecule has 1 atom stereocenters. The Balaban J connectivity index is 1.80. The van der Waals surface area contributed by atoms with Crippen LogP contribution in [0.25, 0.3) is 0 Å². The number of anilines is 1. The van der Waals surface area contributed by atoms with E-state index in [4.69, 9.17) is 15.2 Å². The average molecular weight is 348 g/mol. The van der Waals surface area contributed by atoms with Gasteiger partial charge in [0.15, 0.2) is 0 Å². The van der Waals surface area contributed by atoms with Crippen LogP contribution in [0, 0.1) is 5.92 Å². The Kier molecular flexibility index (Phi) is 7.73. The van der Waals surface area contributed by atoms with Crippen LogP contribution in [0.2, 0.25) is 0 Å². The van der Waals surface area contributed by atoms with Crippen molar-refractivity contribution in [1.29, 1.82) is 0 Å². The minimum atomic E-state index is -0.348. The maximum Gasteiger partial charge on any atom is 0.338 e. The summed E-state index contributed by atoms with van der Waals surface area (Å²) in [4.78, 5) is 25.5. The van der Waals surface area contributed by atoms with Gasteiger partial charge in [0.25, 0.3) is 0 Å². The molecule has 0 saturated carbocycles. The summed E-state index contributed by atoms with van der Waals surface area (Å²) in [6, 6.07) is 7.28. The van der Waals surface area contributed by atoms with Gasteiger partial charge in [0.05, 0.1) is 18.1 Å². The molecule has 0 aromatic heterocycles. The van der Waals surface area contributed by atoms with Gasteiger partial charge in [-0.05, 0) is 43.5 Å². The molecule has 1 aromatic rings. The summed E-state index contributed by atoms with van der Waals surface area (Å²) < 4.78 is 10.6. The van der Waals surface area contributed by atoms with E-state index in [0.717, 1.165) is 37.9 Å². The summed E-state index contributed by atoms with van der Waals surface area (Å²) in [5.41, 5.74) is 6.92. The molecular weight excluding hydrogens is 320 g/mol. The first-order valence-electron chi connectivity index (χ1n) is 9.01. The third-order valence-corrected chi connectivity index (χ3v) is 4.39. The van der Waals surface area contributed by atoms with E-state index >= 15 is 0 Å². The van der Waals surface area contributed by atoms with Crippen LogP contribution in [0.5, 0.6) is 0 Å². The Bertz CT molecular complexity index is 559. The van der Waals surface area contributed by atoms with Gasteiger partial charge in [-0.25, -0.2) is 4.79 Å². The highest BCUT2D eigenvalue weighted by molar-refractivity contribution is 5.89. The quantitative estimate of drug-likeness (QED) is 0.547. The number of piperidine rings is 1. The van der Waals surface area contributed by atoms with E-state index in [0.29, 0.717) is 25.3 Å². The Morgan fingerprint density at radius 1 is 1.20 bits per heavy atom. The maximum absolute atomic E-state index is 12.0. The van der Waals surface area contributed by atoms with Crippen LogP contribution in [-0.4, -0.2) is 44.8 Å². The molecule has 2 N–H and O–H groups in total. The van der Waals surface area contributed by atoms with Crippen LogP contribution in [0.15, 0.2) is 24.3 Å². The smallest absolute Gasteiger partial charge is 0.338 e. The molecule has 6 heteroatoms. The summed E-state index contributed by atoms with van der Waals surface area (Å²) in [6.07, 6.45) is 3.89. The zero-order chi connectivity index (χ0) is 18.1. The maximum atomic E-state index is 12.0. The second-order valence-electron chi connectivity index (χ2n) is 6.34. The van der Waals surface area contributed by atoms with Crippen molar-refractivity contribution in [1.82, 2.24) is 0 Å². The molecule has 138 valence electrons.